The first-order chi connectivity index (χ1) is 7.16. The van der Waals surface area contributed by atoms with Gasteiger partial charge in [0.05, 0.1) is 16.2 Å². The van der Waals surface area contributed by atoms with Gasteiger partial charge in [-0.3, -0.25) is 4.98 Å². The topological polar surface area (TPSA) is 51.8 Å². The predicted octanol–water partition coefficient (Wildman–Crippen LogP) is 2.46. The molecule has 0 aliphatic heterocycles. The summed E-state index contributed by atoms with van der Waals surface area (Å²) in [6.45, 7) is 4.03. The standard InChI is InChI=1S/C10H13N3S2/c1-6-10(15-7(2)13-6)9(11)3-8-4-12-5-14-8/h4-5,9H,3,11H2,1-2H3. The van der Waals surface area contributed by atoms with E-state index in [2.05, 4.69) is 9.97 Å². The van der Waals surface area contributed by atoms with Gasteiger partial charge in [-0.05, 0) is 13.8 Å². The molecule has 15 heavy (non-hydrogen) atoms. The van der Waals surface area contributed by atoms with E-state index in [4.69, 9.17) is 5.73 Å². The molecule has 80 valence electrons. The molecule has 0 bridgehead atoms. The lowest BCUT2D eigenvalue weighted by molar-refractivity contribution is 0.736. The Hall–Kier alpha value is -0.780. The van der Waals surface area contributed by atoms with E-state index < -0.39 is 0 Å². The Morgan fingerprint density at radius 3 is 2.80 bits per heavy atom. The van der Waals surface area contributed by atoms with Gasteiger partial charge in [0.2, 0.25) is 0 Å². The lowest BCUT2D eigenvalue weighted by Crippen LogP contribution is -2.12. The third-order valence-electron chi connectivity index (χ3n) is 2.18. The SMILES string of the molecule is Cc1nc(C)c(C(N)Cc2cncs2)s1. The second-order valence-corrected chi connectivity index (χ2v) is 5.67. The Bertz CT molecular complexity index is 433. The molecule has 3 nitrogen and oxygen atoms in total. The Kier molecular flexibility index (Phi) is 3.14. The van der Waals surface area contributed by atoms with Crippen molar-refractivity contribution in [2.45, 2.75) is 26.3 Å². The van der Waals surface area contributed by atoms with Gasteiger partial charge in [-0.2, -0.15) is 0 Å². The van der Waals surface area contributed by atoms with Crippen molar-refractivity contribution in [3.63, 3.8) is 0 Å². The van der Waals surface area contributed by atoms with Gasteiger partial charge in [0.15, 0.2) is 0 Å². The van der Waals surface area contributed by atoms with Crippen molar-refractivity contribution < 1.29 is 0 Å². The Morgan fingerprint density at radius 1 is 1.47 bits per heavy atom. The Balaban J connectivity index is 2.14. The predicted molar refractivity (Wildman–Crippen MR) is 64.3 cm³/mol. The number of aryl methyl sites for hydroxylation is 2. The van der Waals surface area contributed by atoms with Crippen LogP contribution >= 0.6 is 22.7 Å². The molecule has 1 atom stereocenters. The normalized spacial score (nSPS) is 13.0. The number of nitrogens with two attached hydrogens (primary N) is 1. The Labute approximate surface area is 97.0 Å². The quantitative estimate of drug-likeness (QED) is 0.895. The number of hydrogen-bond acceptors (Lipinski definition) is 5. The summed E-state index contributed by atoms with van der Waals surface area (Å²) < 4.78 is 0. The molecule has 2 aromatic rings. The molecule has 0 aromatic carbocycles. The summed E-state index contributed by atoms with van der Waals surface area (Å²) in [5, 5.41) is 1.09. The summed E-state index contributed by atoms with van der Waals surface area (Å²) >= 11 is 3.34. The maximum Gasteiger partial charge on any atom is 0.0900 e. The van der Waals surface area contributed by atoms with Crippen molar-refractivity contribution in [2.24, 2.45) is 5.73 Å². The number of rotatable bonds is 3. The Morgan fingerprint density at radius 2 is 2.27 bits per heavy atom. The van der Waals surface area contributed by atoms with Crippen LogP contribution in [0.3, 0.4) is 0 Å². The molecule has 1 unspecified atom stereocenters. The van der Waals surface area contributed by atoms with Crippen molar-refractivity contribution in [3.8, 4) is 0 Å². The van der Waals surface area contributed by atoms with Crippen LogP contribution in [0.2, 0.25) is 0 Å². The molecule has 2 heterocycles. The number of aromatic nitrogens is 2. The summed E-state index contributed by atoms with van der Waals surface area (Å²) in [6, 6.07) is 0.0525. The second kappa shape index (κ2) is 4.38. The van der Waals surface area contributed by atoms with E-state index in [1.807, 2.05) is 25.6 Å². The first-order valence-electron chi connectivity index (χ1n) is 4.73. The zero-order valence-corrected chi connectivity index (χ0v) is 10.4. The van der Waals surface area contributed by atoms with E-state index in [1.165, 1.54) is 9.75 Å². The van der Waals surface area contributed by atoms with Crippen LogP contribution in [0.5, 0.6) is 0 Å². The van der Waals surface area contributed by atoms with Crippen molar-refractivity contribution in [2.75, 3.05) is 0 Å². The summed E-state index contributed by atoms with van der Waals surface area (Å²) in [5.74, 6) is 0. The summed E-state index contributed by atoms with van der Waals surface area (Å²) in [6.07, 6.45) is 2.74. The smallest absolute Gasteiger partial charge is 0.0900 e. The highest BCUT2D eigenvalue weighted by Crippen LogP contribution is 2.26. The fourth-order valence-electron chi connectivity index (χ4n) is 1.54. The fourth-order valence-corrected chi connectivity index (χ4v) is 3.13. The van der Waals surface area contributed by atoms with E-state index in [9.17, 15) is 0 Å². The third kappa shape index (κ3) is 2.42. The average Bonchev–Trinajstić information content (AvgIpc) is 2.75. The van der Waals surface area contributed by atoms with Crippen molar-refractivity contribution in [1.82, 2.24) is 9.97 Å². The molecule has 2 aromatic heterocycles. The second-order valence-electron chi connectivity index (χ2n) is 3.46. The van der Waals surface area contributed by atoms with Crippen LogP contribution in [0.1, 0.15) is 26.5 Å². The summed E-state index contributed by atoms with van der Waals surface area (Å²) in [7, 11) is 0. The van der Waals surface area contributed by atoms with Gasteiger partial charge < -0.3 is 5.73 Å². The molecule has 0 aliphatic carbocycles. The summed E-state index contributed by atoms with van der Waals surface area (Å²) in [5.41, 5.74) is 9.05. The number of thiazole rings is 2. The molecule has 0 fully saturated rings. The van der Waals surface area contributed by atoms with E-state index in [-0.39, 0.29) is 6.04 Å². The molecule has 0 amide bonds. The minimum absolute atomic E-state index is 0.0525. The molecular formula is C10H13N3S2. The van der Waals surface area contributed by atoms with Crippen LogP contribution in [0.15, 0.2) is 11.7 Å². The van der Waals surface area contributed by atoms with Gasteiger partial charge in [0, 0.05) is 28.4 Å². The zero-order valence-electron chi connectivity index (χ0n) is 8.73. The molecule has 0 aliphatic rings. The van der Waals surface area contributed by atoms with Gasteiger partial charge in [-0.1, -0.05) is 0 Å². The molecule has 5 heteroatoms. The van der Waals surface area contributed by atoms with E-state index in [0.717, 1.165) is 17.1 Å². The minimum Gasteiger partial charge on any atom is -0.323 e. The lowest BCUT2D eigenvalue weighted by atomic mass is 10.1. The molecule has 0 saturated carbocycles. The average molecular weight is 239 g/mol. The van der Waals surface area contributed by atoms with Crippen molar-refractivity contribution in [3.05, 3.63) is 32.2 Å². The first kappa shape index (κ1) is 10.7. The van der Waals surface area contributed by atoms with E-state index in [0.29, 0.717) is 0 Å². The highest BCUT2D eigenvalue weighted by Gasteiger charge is 2.14. The maximum atomic E-state index is 6.15. The number of nitrogens with zero attached hydrogens (tertiary/aromatic N) is 2. The van der Waals surface area contributed by atoms with Crippen LogP contribution in [-0.2, 0) is 6.42 Å². The van der Waals surface area contributed by atoms with E-state index in [1.54, 1.807) is 22.7 Å². The lowest BCUT2D eigenvalue weighted by Gasteiger charge is -2.07. The van der Waals surface area contributed by atoms with Gasteiger partial charge in [-0.25, -0.2) is 4.98 Å². The fraction of sp³-hybridized carbons (Fsp3) is 0.400. The zero-order chi connectivity index (χ0) is 10.8. The van der Waals surface area contributed by atoms with E-state index >= 15 is 0 Å². The summed E-state index contributed by atoms with van der Waals surface area (Å²) in [4.78, 5) is 10.9. The van der Waals surface area contributed by atoms with Crippen LogP contribution in [0.4, 0.5) is 0 Å². The van der Waals surface area contributed by atoms with Crippen LogP contribution < -0.4 is 5.73 Å². The van der Waals surface area contributed by atoms with Crippen LogP contribution in [0, 0.1) is 13.8 Å². The molecule has 0 radical (unpaired) electrons. The first-order valence-corrected chi connectivity index (χ1v) is 6.43. The third-order valence-corrected chi connectivity index (χ3v) is 4.19. The molecular weight excluding hydrogens is 226 g/mol. The van der Waals surface area contributed by atoms with Crippen molar-refractivity contribution >= 4 is 22.7 Å². The monoisotopic (exact) mass is 239 g/mol. The molecule has 0 spiro atoms. The van der Waals surface area contributed by atoms with Gasteiger partial charge >= 0.3 is 0 Å². The van der Waals surface area contributed by atoms with Crippen molar-refractivity contribution in [1.29, 1.82) is 0 Å². The highest BCUT2D eigenvalue weighted by atomic mass is 32.1. The largest absolute Gasteiger partial charge is 0.323 e. The number of hydrogen-bond donors (Lipinski definition) is 1. The van der Waals surface area contributed by atoms with Crippen LogP contribution in [-0.4, -0.2) is 9.97 Å². The minimum atomic E-state index is 0.0525. The molecule has 2 rings (SSSR count). The van der Waals surface area contributed by atoms with Crippen LogP contribution in [0.25, 0.3) is 0 Å². The molecule has 0 saturated heterocycles. The van der Waals surface area contributed by atoms with Gasteiger partial charge in [0.25, 0.3) is 0 Å². The van der Waals surface area contributed by atoms with Gasteiger partial charge in [-0.15, -0.1) is 22.7 Å². The molecule has 2 N–H and O–H groups in total. The maximum absolute atomic E-state index is 6.15. The van der Waals surface area contributed by atoms with Gasteiger partial charge in [0.1, 0.15) is 0 Å². The highest BCUT2D eigenvalue weighted by molar-refractivity contribution is 7.11.